The van der Waals surface area contributed by atoms with Crippen molar-refractivity contribution in [1.29, 1.82) is 0 Å². The summed E-state index contributed by atoms with van der Waals surface area (Å²) in [7, 11) is 1.71. The molecule has 19 heavy (non-hydrogen) atoms. The van der Waals surface area contributed by atoms with Crippen molar-refractivity contribution in [1.82, 2.24) is 9.78 Å². The highest BCUT2D eigenvalue weighted by Crippen LogP contribution is 2.14. The first kappa shape index (κ1) is 13.1. The van der Waals surface area contributed by atoms with E-state index in [9.17, 15) is 9.18 Å². The van der Waals surface area contributed by atoms with Crippen molar-refractivity contribution < 1.29 is 18.7 Å². The highest BCUT2D eigenvalue weighted by atomic mass is 19.1. The van der Waals surface area contributed by atoms with Gasteiger partial charge >= 0.3 is 5.97 Å². The second-order valence-corrected chi connectivity index (χ2v) is 3.82. The number of esters is 1. The molecule has 1 heterocycles. The summed E-state index contributed by atoms with van der Waals surface area (Å²) in [5.41, 5.74) is 0.369. The molecule has 5 nitrogen and oxygen atoms in total. The summed E-state index contributed by atoms with van der Waals surface area (Å²) >= 11 is 0. The smallest absolute Gasteiger partial charge is 0.341 e. The number of hydrogen-bond donors (Lipinski definition) is 0. The third-order valence-electron chi connectivity index (χ3n) is 2.35. The number of aryl methyl sites for hydroxylation is 1. The maximum Gasteiger partial charge on any atom is 0.341 e. The van der Waals surface area contributed by atoms with Crippen LogP contribution in [0.25, 0.3) is 0 Å². The van der Waals surface area contributed by atoms with Crippen LogP contribution in [-0.4, -0.2) is 29.0 Å². The summed E-state index contributed by atoms with van der Waals surface area (Å²) in [6, 6.07) is 6.06. The number of aromatic nitrogens is 2. The van der Waals surface area contributed by atoms with E-state index in [0.717, 1.165) is 0 Å². The van der Waals surface area contributed by atoms with Crippen LogP contribution in [0.15, 0.2) is 36.7 Å². The molecule has 6 heteroatoms. The molecule has 2 aromatic rings. The molecule has 0 N–H and O–H groups in total. The van der Waals surface area contributed by atoms with Crippen LogP contribution >= 0.6 is 0 Å². The zero-order valence-corrected chi connectivity index (χ0v) is 10.4. The summed E-state index contributed by atoms with van der Waals surface area (Å²) in [6.45, 7) is 0.134. The molecule has 0 aliphatic carbocycles. The normalized spacial score (nSPS) is 10.2. The molecular formula is C13H13FN2O3. The molecule has 1 aromatic carbocycles. The molecule has 0 aliphatic heterocycles. The molecule has 0 fully saturated rings. The molecule has 0 radical (unpaired) electrons. The first-order chi connectivity index (χ1) is 9.16. The van der Waals surface area contributed by atoms with Gasteiger partial charge in [-0.15, -0.1) is 0 Å². The summed E-state index contributed by atoms with van der Waals surface area (Å²) < 4.78 is 24.8. The average molecular weight is 264 g/mol. The van der Waals surface area contributed by atoms with Gasteiger partial charge in [0.05, 0.1) is 11.8 Å². The zero-order valence-electron chi connectivity index (χ0n) is 10.4. The minimum absolute atomic E-state index is 0.0437. The number of rotatable bonds is 5. The first-order valence-corrected chi connectivity index (χ1v) is 5.70. The lowest BCUT2D eigenvalue weighted by Gasteiger charge is -2.07. The van der Waals surface area contributed by atoms with E-state index in [-0.39, 0.29) is 19.0 Å². The van der Waals surface area contributed by atoms with Crippen molar-refractivity contribution >= 4 is 5.97 Å². The highest BCUT2D eigenvalue weighted by molar-refractivity contribution is 5.88. The van der Waals surface area contributed by atoms with E-state index in [1.54, 1.807) is 25.4 Å². The van der Waals surface area contributed by atoms with Crippen molar-refractivity contribution in [3.63, 3.8) is 0 Å². The number of carbonyl (C=O) groups is 1. The number of benzene rings is 1. The minimum atomic E-state index is -0.481. The van der Waals surface area contributed by atoms with Crippen molar-refractivity contribution in [3.05, 3.63) is 48.0 Å². The Morgan fingerprint density at radius 3 is 2.84 bits per heavy atom. The molecule has 0 saturated heterocycles. The fourth-order valence-electron chi connectivity index (χ4n) is 1.46. The van der Waals surface area contributed by atoms with Crippen LogP contribution in [0.1, 0.15) is 10.4 Å². The average Bonchev–Trinajstić information content (AvgIpc) is 2.83. The lowest BCUT2D eigenvalue weighted by molar-refractivity contribution is 0.0448. The lowest BCUT2D eigenvalue weighted by atomic mass is 10.3. The van der Waals surface area contributed by atoms with E-state index >= 15 is 0 Å². The molecule has 0 atom stereocenters. The third kappa shape index (κ3) is 3.54. The Labute approximate surface area is 109 Å². The molecule has 1 aromatic heterocycles. The predicted molar refractivity (Wildman–Crippen MR) is 65.4 cm³/mol. The summed E-state index contributed by atoms with van der Waals surface area (Å²) in [6.07, 6.45) is 2.97. The Hall–Kier alpha value is -2.37. The van der Waals surface area contributed by atoms with Crippen LogP contribution in [-0.2, 0) is 11.8 Å². The number of carbonyl (C=O) groups excluding carboxylic acids is 1. The topological polar surface area (TPSA) is 53.4 Å². The largest absolute Gasteiger partial charge is 0.487 e. The van der Waals surface area contributed by atoms with Gasteiger partial charge < -0.3 is 9.47 Å². The van der Waals surface area contributed by atoms with E-state index in [1.165, 1.54) is 23.0 Å². The van der Waals surface area contributed by atoms with Crippen LogP contribution in [0.5, 0.6) is 5.75 Å². The summed E-state index contributed by atoms with van der Waals surface area (Å²) in [5.74, 6) is -0.786. The first-order valence-electron chi connectivity index (χ1n) is 5.70. The van der Waals surface area contributed by atoms with E-state index in [2.05, 4.69) is 5.10 Å². The Morgan fingerprint density at radius 2 is 2.16 bits per heavy atom. The van der Waals surface area contributed by atoms with Gasteiger partial charge in [0.1, 0.15) is 13.2 Å². The summed E-state index contributed by atoms with van der Waals surface area (Å²) in [4.78, 5) is 11.5. The zero-order chi connectivity index (χ0) is 13.7. The quantitative estimate of drug-likeness (QED) is 0.610. The molecule has 0 spiro atoms. The lowest BCUT2D eigenvalue weighted by Crippen LogP contribution is -2.12. The van der Waals surface area contributed by atoms with Crippen LogP contribution in [0.4, 0.5) is 4.39 Å². The number of ether oxygens (including phenoxy) is 2. The van der Waals surface area contributed by atoms with E-state index in [0.29, 0.717) is 5.56 Å². The van der Waals surface area contributed by atoms with Gasteiger partial charge in [-0.3, -0.25) is 4.68 Å². The maximum atomic E-state index is 13.2. The fourth-order valence-corrected chi connectivity index (χ4v) is 1.46. The molecule has 100 valence electrons. The van der Waals surface area contributed by atoms with Gasteiger partial charge in [-0.2, -0.15) is 5.10 Å². The molecular weight excluding hydrogens is 251 g/mol. The second-order valence-electron chi connectivity index (χ2n) is 3.82. The predicted octanol–water partition coefficient (Wildman–Crippen LogP) is 1.79. The van der Waals surface area contributed by atoms with Gasteiger partial charge in [-0.25, -0.2) is 9.18 Å². The van der Waals surface area contributed by atoms with Crippen molar-refractivity contribution in [2.75, 3.05) is 13.2 Å². The van der Waals surface area contributed by atoms with Crippen LogP contribution < -0.4 is 4.74 Å². The van der Waals surface area contributed by atoms with Crippen LogP contribution in [0.2, 0.25) is 0 Å². The fraction of sp³-hybridized carbons (Fsp3) is 0.231. The Balaban J connectivity index is 1.75. The van der Waals surface area contributed by atoms with Crippen LogP contribution in [0, 0.1) is 5.82 Å². The molecule has 0 unspecified atom stereocenters. The molecule has 0 amide bonds. The van der Waals surface area contributed by atoms with Gasteiger partial charge in [0.15, 0.2) is 11.6 Å². The van der Waals surface area contributed by atoms with E-state index in [4.69, 9.17) is 9.47 Å². The second kappa shape index (κ2) is 5.99. The monoisotopic (exact) mass is 264 g/mol. The SMILES string of the molecule is Cn1cc(C(=O)OCCOc2ccccc2F)cn1. The molecule has 0 bridgehead atoms. The standard InChI is InChI=1S/C13H13FN2O3/c1-16-9-10(8-15-16)13(17)19-7-6-18-12-5-3-2-4-11(12)14/h2-5,8-9H,6-7H2,1H3. The molecule has 0 aliphatic rings. The Kier molecular flexibility index (Phi) is 4.12. The van der Waals surface area contributed by atoms with Gasteiger partial charge in [-0.1, -0.05) is 12.1 Å². The maximum absolute atomic E-state index is 13.2. The van der Waals surface area contributed by atoms with Crippen molar-refractivity contribution in [3.8, 4) is 5.75 Å². The Morgan fingerprint density at radius 1 is 1.37 bits per heavy atom. The highest BCUT2D eigenvalue weighted by Gasteiger charge is 2.09. The van der Waals surface area contributed by atoms with Gasteiger partial charge in [0.2, 0.25) is 0 Å². The van der Waals surface area contributed by atoms with E-state index in [1.807, 2.05) is 0 Å². The third-order valence-corrected chi connectivity index (χ3v) is 2.35. The number of para-hydroxylation sites is 1. The van der Waals surface area contributed by atoms with Gasteiger partial charge in [0.25, 0.3) is 0 Å². The van der Waals surface area contributed by atoms with Crippen LogP contribution in [0.3, 0.4) is 0 Å². The summed E-state index contributed by atoms with van der Waals surface area (Å²) in [5, 5.41) is 3.86. The van der Waals surface area contributed by atoms with Crippen molar-refractivity contribution in [2.45, 2.75) is 0 Å². The van der Waals surface area contributed by atoms with Gasteiger partial charge in [0, 0.05) is 13.2 Å². The molecule has 0 saturated carbocycles. The van der Waals surface area contributed by atoms with E-state index < -0.39 is 11.8 Å². The number of nitrogens with zero attached hydrogens (tertiary/aromatic N) is 2. The minimum Gasteiger partial charge on any atom is -0.487 e. The van der Waals surface area contributed by atoms with Crippen molar-refractivity contribution in [2.24, 2.45) is 7.05 Å². The van der Waals surface area contributed by atoms with Gasteiger partial charge in [-0.05, 0) is 12.1 Å². The number of hydrogen-bond acceptors (Lipinski definition) is 4. The Bertz CT molecular complexity index is 569. The number of halogens is 1. The molecule has 2 rings (SSSR count).